The summed E-state index contributed by atoms with van der Waals surface area (Å²) in [6, 6.07) is 8.14. The summed E-state index contributed by atoms with van der Waals surface area (Å²) in [6.45, 7) is 5.01. The molecule has 3 heteroatoms. The van der Waals surface area contributed by atoms with E-state index in [0.29, 0.717) is 5.25 Å². The highest BCUT2D eigenvalue weighted by molar-refractivity contribution is 8.00. The number of rotatable bonds is 2. The van der Waals surface area contributed by atoms with Crippen molar-refractivity contribution in [3.05, 3.63) is 29.3 Å². The lowest BCUT2D eigenvalue weighted by molar-refractivity contribution is 0.127. The van der Waals surface area contributed by atoms with Crippen molar-refractivity contribution in [3.8, 4) is 6.07 Å². The summed E-state index contributed by atoms with van der Waals surface area (Å²) in [4.78, 5) is 1.12. The number of hydrogen-bond donors (Lipinski definition) is 0. The van der Waals surface area contributed by atoms with Crippen molar-refractivity contribution >= 4 is 11.8 Å². The smallest absolute Gasteiger partial charge is 0.100 e. The van der Waals surface area contributed by atoms with E-state index in [9.17, 15) is 0 Å². The van der Waals surface area contributed by atoms with E-state index in [-0.39, 0.29) is 6.10 Å². The predicted octanol–water partition coefficient (Wildman–Crippen LogP) is 3.14. The van der Waals surface area contributed by atoms with Gasteiger partial charge in [0.25, 0.3) is 0 Å². The van der Waals surface area contributed by atoms with Gasteiger partial charge in [-0.2, -0.15) is 5.26 Å². The van der Waals surface area contributed by atoms with Crippen LogP contribution in [-0.2, 0) is 4.74 Å². The summed E-state index contributed by atoms with van der Waals surface area (Å²) in [5, 5.41) is 9.57. The molecule has 84 valence electrons. The maximum absolute atomic E-state index is 9.09. The van der Waals surface area contributed by atoms with Gasteiger partial charge in [0.05, 0.1) is 11.7 Å². The molecule has 2 nitrogen and oxygen atoms in total. The van der Waals surface area contributed by atoms with Crippen molar-refractivity contribution in [1.82, 2.24) is 0 Å². The van der Waals surface area contributed by atoms with Crippen LogP contribution in [0.5, 0.6) is 0 Å². The first-order chi connectivity index (χ1) is 7.72. The number of ether oxygens (including phenoxy) is 1. The van der Waals surface area contributed by atoms with Gasteiger partial charge in [0, 0.05) is 16.8 Å². The molecule has 0 amide bonds. The van der Waals surface area contributed by atoms with Crippen LogP contribution in [0.1, 0.15) is 24.5 Å². The summed E-state index contributed by atoms with van der Waals surface area (Å²) in [5.74, 6) is 0. The van der Waals surface area contributed by atoms with Crippen LogP contribution in [0.2, 0.25) is 0 Å². The van der Waals surface area contributed by atoms with Crippen molar-refractivity contribution in [2.45, 2.75) is 36.5 Å². The van der Waals surface area contributed by atoms with Crippen molar-refractivity contribution in [2.24, 2.45) is 0 Å². The fourth-order valence-corrected chi connectivity index (χ4v) is 3.20. The van der Waals surface area contributed by atoms with Gasteiger partial charge in [0.1, 0.15) is 6.07 Å². The summed E-state index contributed by atoms with van der Waals surface area (Å²) in [5.41, 5.74) is 1.97. The number of nitrogens with zero attached hydrogens (tertiary/aromatic N) is 1. The van der Waals surface area contributed by atoms with Crippen LogP contribution in [0.3, 0.4) is 0 Å². The van der Waals surface area contributed by atoms with Gasteiger partial charge < -0.3 is 4.74 Å². The Morgan fingerprint density at radius 3 is 2.94 bits per heavy atom. The molecule has 2 atom stereocenters. The molecule has 1 aliphatic rings. The molecule has 1 aromatic rings. The van der Waals surface area contributed by atoms with Gasteiger partial charge in [0.2, 0.25) is 0 Å². The van der Waals surface area contributed by atoms with Crippen molar-refractivity contribution in [3.63, 3.8) is 0 Å². The van der Waals surface area contributed by atoms with Crippen molar-refractivity contribution in [2.75, 3.05) is 6.61 Å². The Labute approximate surface area is 101 Å². The van der Waals surface area contributed by atoms with Crippen LogP contribution in [-0.4, -0.2) is 18.0 Å². The minimum absolute atomic E-state index is 0.288. The van der Waals surface area contributed by atoms with E-state index in [1.165, 1.54) is 5.56 Å². The molecule has 1 fully saturated rings. The number of benzene rings is 1. The second kappa shape index (κ2) is 4.90. The van der Waals surface area contributed by atoms with Crippen LogP contribution in [0, 0.1) is 18.3 Å². The first-order valence-corrected chi connectivity index (χ1v) is 6.38. The Morgan fingerprint density at radius 2 is 2.31 bits per heavy atom. The first-order valence-electron chi connectivity index (χ1n) is 5.50. The summed E-state index contributed by atoms with van der Waals surface area (Å²) < 4.78 is 5.55. The lowest BCUT2D eigenvalue weighted by atomic mass is 10.1. The fraction of sp³-hybridized carbons (Fsp3) is 0.462. The molecule has 2 rings (SSSR count). The van der Waals surface area contributed by atoms with Crippen LogP contribution in [0.15, 0.2) is 23.1 Å². The highest BCUT2D eigenvalue weighted by atomic mass is 32.2. The average Bonchev–Trinajstić information content (AvgIpc) is 2.67. The number of nitriles is 1. The van der Waals surface area contributed by atoms with Crippen LogP contribution in [0.4, 0.5) is 0 Å². The minimum Gasteiger partial charge on any atom is -0.377 e. The normalized spacial score (nSPS) is 24.3. The highest BCUT2D eigenvalue weighted by Crippen LogP contribution is 2.36. The highest BCUT2D eigenvalue weighted by Gasteiger charge is 2.26. The van der Waals surface area contributed by atoms with E-state index < -0.39 is 0 Å². The van der Waals surface area contributed by atoms with Gasteiger partial charge in [-0.1, -0.05) is 12.1 Å². The zero-order valence-corrected chi connectivity index (χ0v) is 10.4. The van der Waals surface area contributed by atoms with Crippen molar-refractivity contribution in [1.29, 1.82) is 5.26 Å². The zero-order valence-electron chi connectivity index (χ0n) is 9.56. The Balaban J connectivity index is 2.24. The SMILES string of the molecule is Cc1cccc(C#N)c1SC1CCOC1C. The molecule has 0 saturated carbocycles. The van der Waals surface area contributed by atoms with Crippen LogP contribution in [0.25, 0.3) is 0 Å². The van der Waals surface area contributed by atoms with Gasteiger partial charge in [-0.3, -0.25) is 0 Å². The summed E-state index contributed by atoms with van der Waals surface area (Å²) >= 11 is 1.79. The molecular weight excluding hydrogens is 218 g/mol. The van der Waals surface area contributed by atoms with Gasteiger partial charge in [-0.25, -0.2) is 0 Å². The maximum Gasteiger partial charge on any atom is 0.100 e. The van der Waals surface area contributed by atoms with E-state index in [2.05, 4.69) is 26.0 Å². The first kappa shape index (κ1) is 11.5. The number of aryl methyl sites for hydroxylation is 1. The third kappa shape index (κ3) is 2.23. The molecule has 0 N–H and O–H groups in total. The van der Waals surface area contributed by atoms with Gasteiger partial charge >= 0.3 is 0 Å². The predicted molar refractivity (Wildman–Crippen MR) is 65.6 cm³/mol. The van der Waals surface area contributed by atoms with E-state index in [0.717, 1.165) is 23.5 Å². The van der Waals surface area contributed by atoms with E-state index in [1.807, 2.05) is 12.1 Å². The molecule has 1 aromatic carbocycles. The lowest BCUT2D eigenvalue weighted by Crippen LogP contribution is -2.13. The molecule has 2 unspecified atom stereocenters. The van der Waals surface area contributed by atoms with E-state index >= 15 is 0 Å². The van der Waals surface area contributed by atoms with Gasteiger partial charge in [-0.15, -0.1) is 11.8 Å². The Kier molecular flexibility index (Phi) is 3.52. The Morgan fingerprint density at radius 1 is 1.50 bits per heavy atom. The summed E-state index contributed by atoms with van der Waals surface area (Å²) in [6.07, 6.45) is 1.36. The molecule has 0 spiro atoms. The molecule has 1 heterocycles. The lowest BCUT2D eigenvalue weighted by Gasteiger charge is -2.15. The van der Waals surface area contributed by atoms with Crippen molar-refractivity contribution < 1.29 is 4.74 Å². The molecular formula is C13H15NOS. The standard InChI is InChI=1S/C13H15NOS/c1-9-4-3-5-11(8-14)13(9)16-12-6-7-15-10(12)2/h3-5,10,12H,6-7H2,1-2H3. The third-order valence-electron chi connectivity index (χ3n) is 2.91. The van der Waals surface area contributed by atoms with Crippen LogP contribution >= 0.6 is 11.8 Å². The van der Waals surface area contributed by atoms with Gasteiger partial charge in [-0.05, 0) is 31.9 Å². The number of thioether (sulfide) groups is 1. The molecule has 0 aromatic heterocycles. The molecule has 0 bridgehead atoms. The molecule has 0 aliphatic carbocycles. The zero-order chi connectivity index (χ0) is 11.5. The molecule has 1 aliphatic heterocycles. The monoisotopic (exact) mass is 233 g/mol. The van der Waals surface area contributed by atoms with Gasteiger partial charge in [0.15, 0.2) is 0 Å². The Bertz CT molecular complexity index is 424. The number of hydrogen-bond acceptors (Lipinski definition) is 3. The van der Waals surface area contributed by atoms with Crippen LogP contribution < -0.4 is 0 Å². The quantitative estimate of drug-likeness (QED) is 0.786. The molecule has 16 heavy (non-hydrogen) atoms. The topological polar surface area (TPSA) is 33.0 Å². The summed E-state index contributed by atoms with van der Waals surface area (Å²) in [7, 11) is 0. The maximum atomic E-state index is 9.09. The minimum atomic E-state index is 0.288. The molecule has 1 saturated heterocycles. The largest absolute Gasteiger partial charge is 0.377 e. The molecule has 0 radical (unpaired) electrons. The van der Waals surface area contributed by atoms with E-state index in [1.54, 1.807) is 11.8 Å². The second-order valence-corrected chi connectivity index (χ2v) is 5.33. The third-order valence-corrected chi connectivity index (χ3v) is 4.61. The Hall–Kier alpha value is -0.980. The van der Waals surface area contributed by atoms with E-state index in [4.69, 9.17) is 10.00 Å². The fourth-order valence-electron chi connectivity index (χ4n) is 1.92. The second-order valence-electron chi connectivity index (χ2n) is 4.08. The average molecular weight is 233 g/mol.